The first-order valence-electron chi connectivity index (χ1n) is 12.4. The zero-order chi connectivity index (χ0) is 22.8. The normalized spacial score (nSPS) is 17.1. The van der Waals surface area contributed by atoms with Crippen molar-refractivity contribution in [2.45, 2.75) is 103 Å². The number of methoxy groups -OCH3 is 1. The van der Waals surface area contributed by atoms with Crippen molar-refractivity contribution >= 4 is 25.1 Å². The molecular formula is C27H43NO2Si. The average Bonchev–Trinajstić information content (AvgIpc) is 3.11. The zero-order valence-electron chi connectivity index (χ0n) is 20.8. The van der Waals surface area contributed by atoms with Gasteiger partial charge in [-0.3, -0.25) is 4.79 Å². The van der Waals surface area contributed by atoms with Crippen molar-refractivity contribution in [3.63, 3.8) is 0 Å². The van der Waals surface area contributed by atoms with E-state index in [0.717, 1.165) is 6.42 Å². The van der Waals surface area contributed by atoms with Crippen molar-refractivity contribution in [2.24, 2.45) is 5.92 Å². The highest BCUT2D eigenvalue weighted by Crippen LogP contribution is 2.46. The molecule has 1 unspecified atom stereocenters. The van der Waals surface area contributed by atoms with Crippen LogP contribution >= 0.6 is 0 Å². The minimum absolute atomic E-state index is 0.0700. The third kappa shape index (κ3) is 4.37. The molecule has 31 heavy (non-hydrogen) atoms. The summed E-state index contributed by atoms with van der Waals surface area (Å²) in [7, 11) is -0.379. The van der Waals surface area contributed by atoms with Gasteiger partial charge in [0.15, 0.2) is 8.24 Å². The Morgan fingerprint density at radius 3 is 2.13 bits per heavy atom. The molecule has 1 aromatic carbocycles. The predicted molar refractivity (Wildman–Crippen MR) is 134 cm³/mol. The van der Waals surface area contributed by atoms with Crippen LogP contribution in [-0.2, 0) is 9.53 Å². The van der Waals surface area contributed by atoms with E-state index in [9.17, 15) is 4.79 Å². The molecule has 1 aromatic heterocycles. The number of esters is 1. The summed E-state index contributed by atoms with van der Waals surface area (Å²) in [4.78, 5) is 13.1. The molecule has 172 valence electrons. The van der Waals surface area contributed by atoms with Crippen molar-refractivity contribution in [2.75, 3.05) is 7.11 Å². The molecule has 0 spiro atoms. The summed E-state index contributed by atoms with van der Waals surface area (Å²) in [6.45, 7) is 14.4. The fourth-order valence-electron chi connectivity index (χ4n) is 6.89. The standard InChI is InChI=1S/C27H43NO2Si/c1-19(2)31(20(3)4,21(5)6)28-18-25(23-15-11-12-16-26(23)28)24(27(29)30-7)17-22-13-9-8-10-14-22/h11-12,15-16,18-22,24H,8-10,13-14,17H2,1-7H3. The predicted octanol–water partition coefficient (Wildman–Crippen LogP) is 7.89. The molecule has 1 fully saturated rings. The Labute approximate surface area is 190 Å². The van der Waals surface area contributed by atoms with E-state index in [-0.39, 0.29) is 11.9 Å². The first kappa shape index (κ1) is 24.1. The topological polar surface area (TPSA) is 31.2 Å². The summed E-state index contributed by atoms with van der Waals surface area (Å²) in [5.41, 5.74) is 4.30. The number of ether oxygens (including phenoxy) is 1. The number of carbonyl (C=O) groups excluding carboxylic acids is 1. The molecule has 4 heteroatoms. The molecule has 2 aromatic rings. The summed E-state index contributed by atoms with van der Waals surface area (Å²) in [5.74, 6) is 0.388. The Morgan fingerprint density at radius 2 is 1.58 bits per heavy atom. The van der Waals surface area contributed by atoms with Gasteiger partial charge in [0.2, 0.25) is 0 Å². The first-order chi connectivity index (χ1) is 14.7. The molecule has 1 atom stereocenters. The average molecular weight is 442 g/mol. The van der Waals surface area contributed by atoms with Gasteiger partial charge in [-0.2, -0.15) is 0 Å². The molecule has 0 radical (unpaired) electrons. The maximum atomic E-state index is 13.1. The van der Waals surface area contributed by atoms with Crippen LogP contribution in [0.5, 0.6) is 0 Å². The van der Waals surface area contributed by atoms with Gasteiger partial charge < -0.3 is 8.97 Å². The van der Waals surface area contributed by atoms with Crippen LogP contribution in [0.3, 0.4) is 0 Å². The van der Waals surface area contributed by atoms with E-state index in [4.69, 9.17) is 4.74 Å². The number of fused-ring (bicyclic) bond motifs is 1. The van der Waals surface area contributed by atoms with E-state index in [2.05, 4.69) is 76.2 Å². The lowest BCUT2D eigenvalue weighted by Gasteiger charge is -2.44. The fourth-order valence-corrected chi connectivity index (χ4v) is 13.5. The van der Waals surface area contributed by atoms with Crippen molar-refractivity contribution in [3.05, 3.63) is 36.0 Å². The molecule has 0 N–H and O–H groups in total. The van der Waals surface area contributed by atoms with E-state index in [1.807, 2.05) is 0 Å². The largest absolute Gasteiger partial charge is 0.469 e. The summed E-state index contributed by atoms with van der Waals surface area (Å²) >= 11 is 0. The molecule has 1 heterocycles. The maximum Gasteiger partial charge on any atom is 0.313 e. The van der Waals surface area contributed by atoms with Gasteiger partial charge >= 0.3 is 5.97 Å². The van der Waals surface area contributed by atoms with Gasteiger partial charge in [-0.25, -0.2) is 0 Å². The second kappa shape index (κ2) is 9.93. The summed E-state index contributed by atoms with van der Waals surface area (Å²) in [6.07, 6.45) is 9.71. The Bertz CT molecular complexity index is 855. The van der Waals surface area contributed by atoms with Crippen molar-refractivity contribution in [3.8, 4) is 0 Å². The van der Waals surface area contributed by atoms with Gasteiger partial charge in [-0.05, 0) is 40.6 Å². The molecule has 0 saturated heterocycles. The van der Waals surface area contributed by atoms with Crippen LogP contribution in [-0.4, -0.2) is 25.5 Å². The van der Waals surface area contributed by atoms with Crippen LogP contribution in [0.2, 0.25) is 16.6 Å². The van der Waals surface area contributed by atoms with E-state index < -0.39 is 8.24 Å². The number of carbonyl (C=O) groups is 1. The van der Waals surface area contributed by atoms with Gasteiger partial charge in [0.05, 0.1) is 13.0 Å². The molecule has 0 amide bonds. The van der Waals surface area contributed by atoms with Crippen molar-refractivity contribution < 1.29 is 9.53 Å². The van der Waals surface area contributed by atoms with Gasteiger partial charge in [0.1, 0.15) is 0 Å². The van der Waals surface area contributed by atoms with E-state index in [1.54, 1.807) is 7.11 Å². The number of para-hydroxylation sites is 1. The zero-order valence-corrected chi connectivity index (χ0v) is 21.8. The first-order valence-corrected chi connectivity index (χ1v) is 14.6. The number of hydrogen-bond donors (Lipinski definition) is 0. The van der Waals surface area contributed by atoms with Gasteiger partial charge in [0, 0.05) is 17.1 Å². The van der Waals surface area contributed by atoms with Gasteiger partial charge in [-0.15, -0.1) is 0 Å². The van der Waals surface area contributed by atoms with Crippen LogP contribution in [0, 0.1) is 5.92 Å². The van der Waals surface area contributed by atoms with Crippen molar-refractivity contribution in [1.29, 1.82) is 0 Å². The van der Waals surface area contributed by atoms with Crippen LogP contribution in [0.4, 0.5) is 0 Å². The Morgan fingerprint density at radius 1 is 1.00 bits per heavy atom. The molecule has 3 rings (SSSR count). The SMILES string of the molecule is COC(=O)C(CC1CCCCC1)c1cn([Si](C(C)C)(C(C)C)C(C)C)c2ccccc12. The van der Waals surface area contributed by atoms with E-state index in [1.165, 1.54) is 48.6 Å². The summed E-state index contributed by atoms with van der Waals surface area (Å²) in [5, 5.41) is 1.24. The minimum Gasteiger partial charge on any atom is -0.469 e. The molecule has 3 nitrogen and oxygen atoms in total. The van der Waals surface area contributed by atoms with Crippen LogP contribution in [0.25, 0.3) is 10.9 Å². The minimum atomic E-state index is -1.93. The van der Waals surface area contributed by atoms with Crippen LogP contribution < -0.4 is 0 Å². The quantitative estimate of drug-likeness (QED) is 0.308. The lowest BCUT2D eigenvalue weighted by Crippen LogP contribution is -2.51. The molecule has 1 saturated carbocycles. The second-order valence-electron chi connectivity index (χ2n) is 10.6. The summed E-state index contributed by atoms with van der Waals surface area (Å²) in [6, 6.07) is 8.76. The third-order valence-corrected chi connectivity index (χ3v) is 14.8. The molecule has 1 aliphatic carbocycles. The molecule has 0 bridgehead atoms. The number of hydrogen-bond acceptors (Lipinski definition) is 2. The number of benzene rings is 1. The van der Waals surface area contributed by atoms with Gasteiger partial charge in [-0.1, -0.05) is 91.8 Å². The number of rotatable bonds is 8. The van der Waals surface area contributed by atoms with Crippen molar-refractivity contribution in [1.82, 2.24) is 4.23 Å². The van der Waals surface area contributed by atoms with Gasteiger partial charge in [0.25, 0.3) is 0 Å². The number of nitrogens with zero attached hydrogens (tertiary/aromatic N) is 1. The smallest absolute Gasteiger partial charge is 0.313 e. The lowest BCUT2D eigenvalue weighted by molar-refractivity contribution is -0.143. The Balaban J connectivity index is 2.20. The molecule has 0 aliphatic heterocycles. The highest BCUT2D eigenvalue weighted by molar-refractivity contribution is 6.82. The lowest BCUT2D eigenvalue weighted by atomic mass is 9.80. The Hall–Kier alpha value is -1.55. The van der Waals surface area contributed by atoms with Crippen LogP contribution in [0.15, 0.2) is 30.5 Å². The maximum absolute atomic E-state index is 13.1. The van der Waals surface area contributed by atoms with E-state index >= 15 is 0 Å². The van der Waals surface area contributed by atoms with Crippen LogP contribution in [0.1, 0.15) is 91.5 Å². The summed E-state index contributed by atoms with van der Waals surface area (Å²) < 4.78 is 8.02. The Kier molecular flexibility index (Phi) is 7.72. The second-order valence-corrected chi connectivity index (χ2v) is 16.4. The number of aromatic nitrogens is 1. The highest BCUT2D eigenvalue weighted by atomic mass is 28.3. The monoisotopic (exact) mass is 441 g/mol. The third-order valence-electron chi connectivity index (χ3n) is 8.09. The fraction of sp³-hybridized carbons (Fsp3) is 0.667. The molecular weight excluding hydrogens is 398 g/mol. The highest BCUT2D eigenvalue weighted by Gasteiger charge is 2.46. The molecule has 1 aliphatic rings. The van der Waals surface area contributed by atoms with E-state index in [0.29, 0.717) is 22.5 Å².